The van der Waals surface area contributed by atoms with E-state index < -0.39 is 0 Å². The molecule has 3 rings (SSSR count). The number of hydrogen-bond acceptors (Lipinski definition) is 4. The van der Waals surface area contributed by atoms with Crippen LogP contribution in [0.5, 0.6) is 11.5 Å². The predicted molar refractivity (Wildman–Crippen MR) is 97.7 cm³/mol. The monoisotopic (exact) mass is 322 g/mol. The average Bonchev–Trinajstić information content (AvgIpc) is 2.62. The van der Waals surface area contributed by atoms with Crippen LogP contribution in [0.2, 0.25) is 0 Å². The second-order valence-corrected chi connectivity index (χ2v) is 5.76. The first-order valence-electron chi connectivity index (χ1n) is 7.79. The Balaban J connectivity index is 2.27. The molecule has 0 saturated heterocycles. The Hall–Kier alpha value is -2.88. The highest BCUT2D eigenvalue weighted by Crippen LogP contribution is 2.16. The van der Waals surface area contributed by atoms with E-state index in [1.807, 2.05) is 60.8 Å². The van der Waals surface area contributed by atoms with E-state index in [1.165, 1.54) is 0 Å². The lowest BCUT2D eigenvalue weighted by atomic mass is 10.0. The summed E-state index contributed by atoms with van der Waals surface area (Å²) in [6, 6.07) is 4.08. The molecule has 0 fully saturated rings. The minimum absolute atomic E-state index is 0.827. The molecular formula is C20H22N2O2. The molecule has 4 nitrogen and oxygen atoms in total. The molecule has 0 saturated carbocycles. The van der Waals surface area contributed by atoms with Crippen LogP contribution in [0.4, 0.5) is 0 Å². The number of ether oxygens (including phenoxy) is 2. The minimum atomic E-state index is 0.827. The topological polar surface area (TPSA) is 24.9 Å². The first-order valence-corrected chi connectivity index (χ1v) is 7.79. The summed E-state index contributed by atoms with van der Waals surface area (Å²) in [5, 5.41) is 2.03. The number of benzene rings is 1. The summed E-state index contributed by atoms with van der Waals surface area (Å²) in [6.45, 7) is 0. The third-order valence-corrected chi connectivity index (χ3v) is 4.10. The van der Waals surface area contributed by atoms with E-state index in [0.717, 1.165) is 33.1 Å². The smallest absolute Gasteiger partial charge is 0.127 e. The van der Waals surface area contributed by atoms with Crippen LogP contribution in [0.15, 0.2) is 61.2 Å². The lowest BCUT2D eigenvalue weighted by molar-refractivity contribution is 0.397. The highest BCUT2D eigenvalue weighted by molar-refractivity contribution is 5.73. The number of hydrogen-bond donors (Lipinski definition) is 0. The van der Waals surface area contributed by atoms with Gasteiger partial charge in [0.15, 0.2) is 0 Å². The molecule has 0 N–H and O–H groups in total. The predicted octanol–water partition coefficient (Wildman–Crippen LogP) is 1.95. The molecule has 24 heavy (non-hydrogen) atoms. The van der Waals surface area contributed by atoms with Crippen LogP contribution in [0.1, 0.15) is 0 Å². The summed E-state index contributed by atoms with van der Waals surface area (Å²) < 4.78 is 11.3. The lowest BCUT2D eigenvalue weighted by Crippen LogP contribution is -2.19. The first kappa shape index (κ1) is 16.0. The SMILES string of the molecule is COc1cc(=C2C=CN(C)C=C2)c(OC)cc1=C1C=CN(C)C=C1. The summed E-state index contributed by atoms with van der Waals surface area (Å²) in [5.41, 5.74) is 2.18. The van der Waals surface area contributed by atoms with Crippen molar-refractivity contribution in [1.29, 1.82) is 0 Å². The summed E-state index contributed by atoms with van der Waals surface area (Å²) in [6.07, 6.45) is 16.4. The fourth-order valence-corrected chi connectivity index (χ4v) is 2.71. The highest BCUT2D eigenvalue weighted by atomic mass is 16.5. The van der Waals surface area contributed by atoms with E-state index in [0.29, 0.717) is 0 Å². The van der Waals surface area contributed by atoms with Crippen LogP contribution in [0.3, 0.4) is 0 Å². The van der Waals surface area contributed by atoms with E-state index in [9.17, 15) is 0 Å². The second kappa shape index (κ2) is 6.71. The van der Waals surface area contributed by atoms with Crippen LogP contribution in [0.25, 0.3) is 11.1 Å². The Morgan fingerprint density at radius 1 is 0.625 bits per heavy atom. The second-order valence-electron chi connectivity index (χ2n) is 5.76. The molecule has 0 atom stereocenters. The fraction of sp³-hybridized carbons (Fsp3) is 0.200. The van der Waals surface area contributed by atoms with Crippen molar-refractivity contribution in [3.05, 3.63) is 71.7 Å². The van der Waals surface area contributed by atoms with Crippen LogP contribution in [0, 0.1) is 0 Å². The van der Waals surface area contributed by atoms with Gasteiger partial charge in [-0.25, -0.2) is 0 Å². The number of rotatable bonds is 2. The molecule has 0 aromatic heterocycles. The molecule has 1 aromatic carbocycles. The quantitative estimate of drug-likeness (QED) is 0.831. The molecule has 0 radical (unpaired) electrons. The van der Waals surface area contributed by atoms with Crippen LogP contribution in [-0.4, -0.2) is 38.1 Å². The first-order chi connectivity index (χ1) is 11.6. The van der Waals surface area contributed by atoms with Crippen LogP contribution >= 0.6 is 0 Å². The summed E-state index contributed by atoms with van der Waals surface area (Å²) in [7, 11) is 7.40. The maximum absolute atomic E-state index is 5.65. The van der Waals surface area contributed by atoms with Gasteiger partial charge in [0, 0.05) is 49.3 Å². The number of methoxy groups -OCH3 is 2. The number of allylic oxidation sites excluding steroid dienone is 4. The summed E-state index contributed by atoms with van der Waals surface area (Å²) in [5.74, 6) is 1.65. The third kappa shape index (κ3) is 3.08. The molecular weight excluding hydrogens is 300 g/mol. The maximum atomic E-state index is 5.65. The van der Waals surface area contributed by atoms with E-state index in [4.69, 9.17) is 9.47 Å². The maximum Gasteiger partial charge on any atom is 0.127 e. The van der Waals surface area contributed by atoms with Gasteiger partial charge in [0.1, 0.15) is 11.5 Å². The molecule has 2 aliphatic rings. The van der Waals surface area contributed by atoms with Gasteiger partial charge >= 0.3 is 0 Å². The van der Waals surface area contributed by atoms with Gasteiger partial charge in [0.2, 0.25) is 0 Å². The van der Waals surface area contributed by atoms with Gasteiger partial charge in [-0.3, -0.25) is 0 Å². The van der Waals surface area contributed by atoms with E-state index in [1.54, 1.807) is 14.2 Å². The fourth-order valence-electron chi connectivity index (χ4n) is 2.71. The van der Waals surface area contributed by atoms with Crippen LogP contribution < -0.4 is 19.9 Å². The summed E-state index contributed by atoms with van der Waals surface area (Å²) >= 11 is 0. The Bertz CT molecular complexity index is 770. The van der Waals surface area contributed by atoms with Crippen LogP contribution in [-0.2, 0) is 0 Å². The standard InChI is InChI=1S/C20H22N2O2/c1-21-9-5-15(6-10-21)17-13-20(24-4)18(14-19(17)23-3)16-7-11-22(2)12-8-16/h5-14H,1-4H3. The Kier molecular flexibility index (Phi) is 4.47. The molecule has 1 aromatic rings. The largest absolute Gasteiger partial charge is 0.496 e. The molecule has 2 aliphatic heterocycles. The zero-order chi connectivity index (χ0) is 17.1. The normalized spacial score (nSPS) is 16.2. The van der Waals surface area contributed by atoms with E-state index >= 15 is 0 Å². The number of nitrogens with zero attached hydrogens (tertiary/aromatic N) is 2. The summed E-state index contributed by atoms with van der Waals surface area (Å²) in [4.78, 5) is 4.01. The molecule has 0 bridgehead atoms. The minimum Gasteiger partial charge on any atom is -0.496 e. The van der Waals surface area contributed by atoms with Gasteiger partial charge < -0.3 is 19.3 Å². The van der Waals surface area contributed by atoms with Crippen molar-refractivity contribution >= 4 is 11.1 Å². The molecule has 124 valence electrons. The third-order valence-electron chi connectivity index (χ3n) is 4.10. The molecule has 0 spiro atoms. The Morgan fingerprint density at radius 2 is 0.958 bits per heavy atom. The Morgan fingerprint density at radius 3 is 1.25 bits per heavy atom. The van der Waals surface area contributed by atoms with Crippen molar-refractivity contribution in [2.75, 3.05) is 28.3 Å². The average molecular weight is 322 g/mol. The molecule has 2 heterocycles. The molecule has 4 heteroatoms. The van der Waals surface area contributed by atoms with Gasteiger partial charge in [-0.15, -0.1) is 0 Å². The molecule has 0 amide bonds. The van der Waals surface area contributed by atoms with Crippen molar-refractivity contribution in [3.63, 3.8) is 0 Å². The van der Waals surface area contributed by atoms with Crippen molar-refractivity contribution in [2.45, 2.75) is 0 Å². The zero-order valence-corrected chi connectivity index (χ0v) is 14.5. The van der Waals surface area contributed by atoms with Crippen molar-refractivity contribution in [3.8, 4) is 11.5 Å². The van der Waals surface area contributed by atoms with Crippen molar-refractivity contribution in [1.82, 2.24) is 9.80 Å². The lowest BCUT2D eigenvalue weighted by Gasteiger charge is -2.15. The van der Waals surface area contributed by atoms with Gasteiger partial charge in [0.05, 0.1) is 14.2 Å². The molecule has 0 unspecified atom stereocenters. The van der Waals surface area contributed by atoms with Crippen molar-refractivity contribution in [2.24, 2.45) is 0 Å². The van der Waals surface area contributed by atoms with Crippen molar-refractivity contribution < 1.29 is 9.47 Å². The van der Waals surface area contributed by atoms with Gasteiger partial charge in [-0.2, -0.15) is 0 Å². The zero-order valence-electron chi connectivity index (χ0n) is 14.5. The van der Waals surface area contributed by atoms with Gasteiger partial charge in [0.25, 0.3) is 0 Å². The van der Waals surface area contributed by atoms with E-state index in [-0.39, 0.29) is 0 Å². The molecule has 0 aliphatic carbocycles. The Labute approximate surface area is 142 Å². The van der Waals surface area contributed by atoms with E-state index in [2.05, 4.69) is 24.3 Å². The van der Waals surface area contributed by atoms with Gasteiger partial charge in [-0.1, -0.05) is 0 Å². The highest BCUT2D eigenvalue weighted by Gasteiger charge is 2.09. The van der Waals surface area contributed by atoms with Gasteiger partial charge in [-0.05, 0) is 47.6 Å².